The van der Waals surface area contributed by atoms with E-state index in [2.05, 4.69) is 4.74 Å². The summed E-state index contributed by atoms with van der Waals surface area (Å²) in [5.74, 6) is -1.45. The molecule has 1 saturated carbocycles. The SMILES string of the molecule is CCOC(=O)C(F)=C1CCCC1. The predicted octanol–water partition coefficient (Wildman–Crippen LogP) is 2.35. The second kappa shape index (κ2) is 4.24. The quantitative estimate of drug-likeness (QED) is 0.472. The third-order valence-electron chi connectivity index (χ3n) is 1.97. The van der Waals surface area contributed by atoms with Gasteiger partial charge in [0.15, 0.2) is 0 Å². The van der Waals surface area contributed by atoms with Crippen LogP contribution < -0.4 is 0 Å². The van der Waals surface area contributed by atoms with Crippen LogP contribution in [-0.2, 0) is 9.53 Å². The van der Waals surface area contributed by atoms with E-state index in [4.69, 9.17) is 0 Å². The average molecular weight is 172 g/mol. The molecule has 0 aromatic heterocycles. The number of carbonyl (C=O) groups is 1. The highest BCUT2D eigenvalue weighted by molar-refractivity contribution is 5.86. The van der Waals surface area contributed by atoms with Gasteiger partial charge in [0, 0.05) is 0 Å². The Morgan fingerprint density at radius 2 is 2.08 bits per heavy atom. The molecule has 1 fully saturated rings. The van der Waals surface area contributed by atoms with Gasteiger partial charge in [-0.2, -0.15) is 4.39 Å². The van der Waals surface area contributed by atoms with Crippen molar-refractivity contribution in [2.75, 3.05) is 6.61 Å². The lowest BCUT2D eigenvalue weighted by Gasteiger charge is -2.01. The molecule has 0 aliphatic heterocycles. The zero-order chi connectivity index (χ0) is 8.97. The summed E-state index contributed by atoms with van der Waals surface area (Å²) in [5, 5.41) is 0. The maximum Gasteiger partial charge on any atom is 0.367 e. The first-order valence-corrected chi connectivity index (χ1v) is 4.30. The van der Waals surface area contributed by atoms with Gasteiger partial charge in [0.25, 0.3) is 0 Å². The fourth-order valence-electron chi connectivity index (χ4n) is 1.36. The first-order chi connectivity index (χ1) is 5.75. The van der Waals surface area contributed by atoms with Crippen molar-refractivity contribution >= 4 is 5.97 Å². The summed E-state index contributed by atoms with van der Waals surface area (Å²) in [6.07, 6.45) is 3.40. The number of allylic oxidation sites excluding steroid dienone is 1. The van der Waals surface area contributed by atoms with E-state index in [1.807, 2.05) is 0 Å². The summed E-state index contributed by atoms with van der Waals surface area (Å²) in [6.45, 7) is 1.91. The zero-order valence-corrected chi connectivity index (χ0v) is 7.23. The molecule has 3 heteroatoms. The molecule has 1 aliphatic carbocycles. The second-order valence-corrected chi connectivity index (χ2v) is 2.85. The third-order valence-corrected chi connectivity index (χ3v) is 1.97. The molecule has 0 saturated heterocycles. The molecule has 1 aliphatic rings. The van der Waals surface area contributed by atoms with E-state index < -0.39 is 11.8 Å². The van der Waals surface area contributed by atoms with Gasteiger partial charge in [-0.1, -0.05) is 0 Å². The molecule has 0 spiro atoms. The van der Waals surface area contributed by atoms with Crippen LogP contribution in [0.2, 0.25) is 0 Å². The Morgan fingerprint density at radius 1 is 1.50 bits per heavy atom. The normalized spacial score (nSPS) is 16.3. The molecule has 0 atom stereocenters. The molecule has 0 aromatic rings. The van der Waals surface area contributed by atoms with Crippen molar-refractivity contribution in [3.63, 3.8) is 0 Å². The molecule has 0 aromatic carbocycles. The van der Waals surface area contributed by atoms with E-state index in [0.717, 1.165) is 12.8 Å². The van der Waals surface area contributed by atoms with Crippen LogP contribution >= 0.6 is 0 Å². The van der Waals surface area contributed by atoms with Crippen molar-refractivity contribution in [3.05, 3.63) is 11.4 Å². The van der Waals surface area contributed by atoms with Gasteiger partial charge in [-0.15, -0.1) is 0 Å². The summed E-state index contributed by atoms with van der Waals surface area (Å²) < 4.78 is 17.6. The van der Waals surface area contributed by atoms with Crippen LogP contribution in [0, 0.1) is 0 Å². The summed E-state index contributed by atoms with van der Waals surface area (Å²) >= 11 is 0. The second-order valence-electron chi connectivity index (χ2n) is 2.85. The Morgan fingerprint density at radius 3 is 2.58 bits per heavy atom. The number of ether oxygens (including phenoxy) is 1. The number of halogens is 1. The van der Waals surface area contributed by atoms with Crippen LogP contribution in [0.1, 0.15) is 32.6 Å². The van der Waals surface area contributed by atoms with Crippen LogP contribution in [0.5, 0.6) is 0 Å². The Hall–Kier alpha value is -0.860. The summed E-state index contributed by atoms with van der Waals surface area (Å²) in [5.41, 5.74) is 0.633. The topological polar surface area (TPSA) is 26.3 Å². The minimum absolute atomic E-state index is 0.236. The van der Waals surface area contributed by atoms with Crippen molar-refractivity contribution in [1.82, 2.24) is 0 Å². The Labute approximate surface area is 71.4 Å². The van der Waals surface area contributed by atoms with Gasteiger partial charge >= 0.3 is 5.97 Å². The first-order valence-electron chi connectivity index (χ1n) is 4.30. The summed E-state index contributed by atoms with van der Waals surface area (Å²) in [4.78, 5) is 10.9. The highest BCUT2D eigenvalue weighted by atomic mass is 19.1. The molecule has 12 heavy (non-hydrogen) atoms. The molecule has 0 radical (unpaired) electrons. The molecule has 68 valence electrons. The van der Waals surface area contributed by atoms with Crippen LogP contribution in [0.4, 0.5) is 4.39 Å². The number of rotatable bonds is 2. The Kier molecular flexibility index (Phi) is 3.26. The fourth-order valence-corrected chi connectivity index (χ4v) is 1.36. The summed E-state index contributed by atoms with van der Waals surface area (Å²) in [7, 11) is 0. The minimum atomic E-state index is -0.797. The molecular weight excluding hydrogens is 159 g/mol. The van der Waals surface area contributed by atoms with Crippen LogP contribution in [0.3, 0.4) is 0 Å². The van der Waals surface area contributed by atoms with Gasteiger partial charge in [-0.3, -0.25) is 0 Å². The third kappa shape index (κ3) is 2.06. The number of hydrogen-bond acceptors (Lipinski definition) is 2. The van der Waals surface area contributed by atoms with Gasteiger partial charge in [-0.05, 0) is 38.2 Å². The zero-order valence-electron chi connectivity index (χ0n) is 7.23. The van der Waals surface area contributed by atoms with E-state index in [-0.39, 0.29) is 6.61 Å². The van der Waals surface area contributed by atoms with Crippen LogP contribution in [0.25, 0.3) is 0 Å². The first kappa shape index (κ1) is 9.23. The van der Waals surface area contributed by atoms with Gasteiger partial charge < -0.3 is 4.74 Å². The molecule has 0 bridgehead atoms. The molecule has 0 amide bonds. The van der Waals surface area contributed by atoms with E-state index in [0.29, 0.717) is 18.4 Å². The standard InChI is InChI=1S/C9H13FO2/c1-2-12-9(11)8(10)7-5-3-4-6-7/h2-6H2,1H3. The van der Waals surface area contributed by atoms with Crippen molar-refractivity contribution in [1.29, 1.82) is 0 Å². The summed E-state index contributed by atoms with van der Waals surface area (Å²) in [6, 6.07) is 0. The molecule has 0 unspecified atom stereocenters. The van der Waals surface area contributed by atoms with E-state index in [9.17, 15) is 9.18 Å². The van der Waals surface area contributed by atoms with Crippen molar-refractivity contribution in [2.24, 2.45) is 0 Å². The lowest BCUT2D eigenvalue weighted by atomic mass is 10.2. The molecule has 0 heterocycles. The minimum Gasteiger partial charge on any atom is -0.461 e. The molecule has 0 N–H and O–H groups in total. The molecule has 1 rings (SSSR count). The number of hydrogen-bond donors (Lipinski definition) is 0. The lowest BCUT2D eigenvalue weighted by molar-refractivity contribution is -0.140. The van der Waals surface area contributed by atoms with Crippen LogP contribution in [0.15, 0.2) is 11.4 Å². The Balaban J connectivity index is 2.60. The number of esters is 1. The van der Waals surface area contributed by atoms with Gasteiger partial charge in [0.1, 0.15) is 0 Å². The predicted molar refractivity (Wildman–Crippen MR) is 43.2 cm³/mol. The van der Waals surface area contributed by atoms with Gasteiger partial charge in [-0.25, -0.2) is 4.79 Å². The van der Waals surface area contributed by atoms with E-state index in [1.54, 1.807) is 6.92 Å². The lowest BCUT2D eigenvalue weighted by Crippen LogP contribution is -2.05. The molecular formula is C9H13FO2. The average Bonchev–Trinajstić information content (AvgIpc) is 2.55. The monoisotopic (exact) mass is 172 g/mol. The highest BCUT2D eigenvalue weighted by Gasteiger charge is 2.18. The van der Waals surface area contributed by atoms with Crippen molar-refractivity contribution < 1.29 is 13.9 Å². The van der Waals surface area contributed by atoms with Gasteiger partial charge in [0.05, 0.1) is 6.61 Å². The van der Waals surface area contributed by atoms with Crippen molar-refractivity contribution in [3.8, 4) is 0 Å². The fraction of sp³-hybridized carbons (Fsp3) is 0.667. The van der Waals surface area contributed by atoms with E-state index >= 15 is 0 Å². The maximum absolute atomic E-state index is 13.1. The van der Waals surface area contributed by atoms with Crippen LogP contribution in [-0.4, -0.2) is 12.6 Å². The number of carbonyl (C=O) groups excluding carboxylic acids is 1. The smallest absolute Gasteiger partial charge is 0.367 e. The van der Waals surface area contributed by atoms with Crippen molar-refractivity contribution in [2.45, 2.75) is 32.6 Å². The molecule has 2 nitrogen and oxygen atoms in total. The maximum atomic E-state index is 13.1. The van der Waals surface area contributed by atoms with E-state index in [1.165, 1.54) is 0 Å². The Bertz CT molecular complexity index is 201. The van der Waals surface area contributed by atoms with Gasteiger partial charge in [0.2, 0.25) is 5.83 Å². The largest absolute Gasteiger partial charge is 0.461 e. The highest BCUT2D eigenvalue weighted by Crippen LogP contribution is 2.27.